The molecule has 170 valence electrons. The maximum atomic E-state index is 13.0. The SMILES string of the molecule is CC1=C(COC(=O)CCCCCN2C(=O)C=CC2=O)C2=C(C)C3(CC3)[C@@](C)(O)C(=O)C2=C1. The number of imide groups is 1. The molecule has 32 heavy (non-hydrogen) atoms. The molecule has 1 aliphatic heterocycles. The molecule has 1 fully saturated rings. The minimum Gasteiger partial charge on any atom is -0.461 e. The zero-order valence-corrected chi connectivity index (χ0v) is 18.8. The summed E-state index contributed by atoms with van der Waals surface area (Å²) in [5, 5.41) is 10.9. The quantitative estimate of drug-likeness (QED) is 0.355. The van der Waals surface area contributed by atoms with Crippen molar-refractivity contribution in [2.75, 3.05) is 13.2 Å². The van der Waals surface area contributed by atoms with Gasteiger partial charge in [-0.25, -0.2) is 0 Å². The first-order chi connectivity index (χ1) is 15.1. The molecule has 1 atom stereocenters. The van der Waals surface area contributed by atoms with Gasteiger partial charge in [0.25, 0.3) is 11.8 Å². The van der Waals surface area contributed by atoms with E-state index in [-0.39, 0.29) is 36.6 Å². The molecule has 1 N–H and O–H groups in total. The molecule has 0 aromatic rings. The molecule has 4 aliphatic rings. The fourth-order valence-electron chi connectivity index (χ4n) is 5.19. The van der Waals surface area contributed by atoms with Crippen molar-refractivity contribution in [3.63, 3.8) is 0 Å². The van der Waals surface area contributed by atoms with Gasteiger partial charge in [0.1, 0.15) is 12.2 Å². The third kappa shape index (κ3) is 3.48. The van der Waals surface area contributed by atoms with Crippen LogP contribution in [0.1, 0.15) is 59.3 Å². The van der Waals surface area contributed by atoms with Crippen LogP contribution in [0.25, 0.3) is 0 Å². The van der Waals surface area contributed by atoms with Crippen LogP contribution in [0.3, 0.4) is 0 Å². The standard InChI is InChI=1S/C25H29NO6/c1-15-13-17-22(16(2)25(10-11-25)24(3,31)23(17)30)18(15)14-32-21(29)7-5-4-6-12-26-19(27)8-9-20(26)28/h8-9,13,31H,4-7,10-12,14H2,1-3H3/t24-/m0/s1. The van der Waals surface area contributed by atoms with Gasteiger partial charge >= 0.3 is 5.97 Å². The Bertz CT molecular complexity index is 1020. The fraction of sp³-hybridized carbons (Fsp3) is 0.520. The van der Waals surface area contributed by atoms with Gasteiger partial charge in [-0.05, 0) is 63.7 Å². The number of nitrogens with zero attached hydrogens (tertiary/aromatic N) is 1. The molecular weight excluding hydrogens is 410 g/mol. The Morgan fingerprint density at radius 2 is 1.75 bits per heavy atom. The summed E-state index contributed by atoms with van der Waals surface area (Å²) in [5.41, 5.74) is 2.23. The predicted molar refractivity (Wildman–Crippen MR) is 116 cm³/mol. The van der Waals surface area contributed by atoms with E-state index in [1.807, 2.05) is 13.8 Å². The molecule has 3 aliphatic carbocycles. The predicted octanol–water partition coefficient (Wildman–Crippen LogP) is 2.70. The number of allylic oxidation sites excluding steroid dienone is 2. The van der Waals surface area contributed by atoms with Crippen LogP contribution in [0, 0.1) is 5.41 Å². The van der Waals surface area contributed by atoms with Gasteiger partial charge in [0.15, 0.2) is 5.78 Å². The van der Waals surface area contributed by atoms with Crippen molar-refractivity contribution in [1.29, 1.82) is 0 Å². The number of rotatable bonds is 8. The summed E-state index contributed by atoms with van der Waals surface area (Å²) in [6.45, 7) is 5.94. The molecule has 0 aromatic heterocycles. The number of hydrogen-bond acceptors (Lipinski definition) is 6. The highest BCUT2D eigenvalue weighted by molar-refractivity contribution is 6.13. The Hall–Kier alpha value is -2.80. The second kappa shape index (κ2) is 7.96. The Morgan fingerprint density at radius 3 is 2.38 bits per heavy atom. The van der Waals surface area contributed by atoms with E-state index in [0.717, 1.165) is 35.1 Å². The summed E-state index contributed by atoms with van der Waals surface area (Å²) in [6, 6.07) is 0. The van der Waals surface area contributed by atoms with Crippen LogP contribution in [-0.2, 0) is 23.9 Å². The number of aliphatic hydroxyl groups is 1. The van der Waals surface area contributed by atoms with Crippen LogP contribution in [0.5, 0.6) is 0 Å². The van der Waals surface area contributed by atoms with Crippen LogP contribution < -0.4 is 0 Å². The molecule has 0 aromatic carbocycles. The first-order valence-electron chi connectivity index (χ1n) is 11.2. The van der Waals surface area contributed by atoms with Crippen molar-refractivity contribution >= 4 is 23.6 Å². The van der Waals surface area contributed by atoms with E-state index in [0.29, 0.717) is 31.4 Å². The van der Waals surface area contributed by atoms with Crippen LogP contribution >= 0.6 is 0 Å². The topological polar surface area (TPSA) is 101 Å². The lowest BCUT2D eigenvalue weighted by atomic mass is 9.67. The molecule has 0 bridgehead atoms. The second-order valence-corrected chi connectivity index (χ2v) is 9.34. The molecule has 0 saturated heterocycles. The molecular formula is C25H29NO6. The van der Waals surface area contributed by atoms with E-state index in [4.69, 9.17) is 4.74 Å². The lowest BCUT2D eigenvalue weighted by molar-refractivity contribution is -0.143. The van der Waals surface area contributed by atoms with Gasteiger partial charge in [-0.15, -0.1) is 0 Å². The van der Waals surface area contributed by atoms with Gasteiger partial charge in [0.05, 0.1) is 0 Å². The van der Waals surface area contributed by atoms with Gasteiger partial charge in [-0.3, -0.25) is 24.1 Å². The molecule has 2 amide bonds. The van der Waals surface area contributed by atoms with E-state index >= 15 is 0 Å². The van der Waals surface area contributed by atoms with Crippen LogP contribution in [0.2, 0.25) is 0 Å². The van der Waals surface area contributed by atoms with E-state index in [2.05, 4.69) is 0 Å². The van der Waals surface area contributed by atoms with Crippen molar-refractivity contribution in [3.8, 4) is 0 Å². The Balaban J connectivity index is 1.28. The van der Waals surface area contributed by atoms with Crippen LogP contribution in [-0.4, -0.2) is 52.3 Å². The number of carbonyl (C=O) groups excluding carboxylic acids is 4. The highest BCUT2D eigenvalue weighted by Crippen LogP contribution is 2.64. The van der Waals surface area contributed by atoms with E-state index < -0.39 is 11.0 Å². The molecule has 7 heteroatoms. The Kier molecular flexibility index (Phi) is 5.57. The molecule has 0 unspecified atom stereocenters. The number of ether oxygens (including phenoxy) is 1. The number of unbranched alkanes of at least 4 members (excludes halogenated alkanes) is 2. The zero-order valence-electron chi connectivity index (χ0n) is 18.8. The molecule has 1 heterocycles. The van der Waals surface area contributed by atoms with Crippen LogP contribution in [0.15, 0.2) is 46.1 Å². The largest absolute Gasteiger partial charge is 0.461 e. The lowest BCUT2D eigenvalue weighted by Gasteiger charge is -2.39. The minimum atomic E-state index is -1.39. The van der Waals surface area contributed by atoms with Gasteiger partial charge in [-0.1, -0.05) is 12.0 Å². The zero-order chi connectivity index (χ0) is 23.3. The van der Waals surface area contributed by atoms with Crippen molar-refractivity contribution < 1.29 is 29.0 Å². The Morgan fingerprint density at radius 1 is 1.09 bits per heavy atom. The monoisotopic (exact) mass is 439 g/mol. The van der Waals surface area contributed by atoms with Gasteiger partial charge < -0.3 is 9.84 Å². The second-order valence-electron chi connectivity index (χ2n) is 9.34. The van der Waals surface area contributed by atoms with E-state index in [9.17, 15) is 24.3 Å². The number of amides is 2. The number of esters is 1. The molecule has 4 rings (SSSR count). The van der Waals surface area contributed by atoms with Crippen molar-refractivity contribution in [1.82, 2.24) is 4.90 Å². The van der Waals surface area contributed by atoms with Crippen LogP contribution in [0.4, 0.5) is 0 Å². The summed E-state index contributed by atoms with van der Waals surface area (Å²) in [5.74, 6) is -1.14. The van der Waals surface area contributed by atoms with Gasteiger partial charge in [0, 0.05) is 41.7 Å². The van der Waals surface area contributed by atoms with E-state index in [1.54, 1.807) is 13.0 Å². The molecule has 7 nitrogen and oxygen atoms in total. The number of Topliss-reactive ketones (excluding diaryl/α,β-unsaturated/α-hetero) is 1. The van der Waals surface area contributed by atoms with Crippen molar-refractivity contribution in [2.24, 2.45) is 5.41 Å². The average Bonchev–Trinajstić information content (AvgIpc) is 3.42. The molecule has 1 saturated carbocycles. The summed E-state index contributed by atoms with van der Waals surface area (Å²) in [7, 11) is 0. The van der Waals surface area contributed by atoms with Gasteiger partial charge in [0.2, 0.25) is 0 Å². The Labute approximate surface area is 187 Å². The molecule has 0 radical (unpaired) electrons. The summed E-state index contributed by atoms with van der Waals surface area (Å²) >= 11 is 0. The summed E-state index contributed by atoms with van der Waals surface area (Å²) < 4.78 is 5.52. The third-order valence-corrected chi connectivity index (χ3v) is 7.41. The highest BCUT2D eigenvalue weighted by atomic mass is 16.5. The summed E-state index contributed by atoms with van der Waals surface area (Å²) in [4.78, 5) is 49.5. The number of fused-ring (bicyclic) bond motifs is 1. The maximum absolute atomic E-state index is 13.0. The summed E-state index contributed by atoms with van der Waals surface area (Å²) in [6.07, 6.45) is 8.10. The maximum Gasteiger partial charge on any atom is 0.306 e. The van der Waals surface area contributed by atoms with Crippen molar-refractivity contribution in [3.05, 3.63) is 46.1 Å². The van der Waals surface area contributed by atoms with Gasteiger partial charge in [-0.2, -0.15) is 0 Å². The fourth-order valence-corrected chi connectivity index (χ4v) is 5.19. The first-order valence-corrected chi connectivity index (χ1v) is 11.2. The average molecular weight is 440 g/mol. The number of carbonyl (C=O) groups is 4. The van der Waals surface area contributed by atoms with E-state index in [1.165, 1.54) is 17.1 Å². The lowest BCUT2D eigenvalue weighted by Crippen LogP contribution is -2.49. The third-order valence-electron chi connectivity index (χ3n) is 7.41. The normalized spacial score (nSPS) is 25.8. The first kappa shape index (κ1) is 22.4. The minimum absolute atomic E-state index is 0.102. The smallest absolute Gasteiger partial charge is 0.306 e. The van der Waals surface area contributed by atoms with Crippen molar-refractivity contribution in [2.45, 2.75) is 64.9 Å². The highest BCUT2D eigenvalue weighted by Gasteiger charge is 2.65. The number of ketones is 1. The number of hydrogen-bond donors (Lipinski definition) is 1. The molecule has 1 spiro atoms.